The highest BCUT2D eigenvalue weighted by Crippen LogP contribution is 2.27. The highest BCUT2D eigenvalue weighted by atomic mass is 32.1. The van der Waals surface area contributed by atoms with E-state index in [2.05, 4.69) is 15.2 Å². The summed E-state index contributed by atoms with van der Waals surface area (Å²) in [6, 6.07) is 11.1. The van der Waals surface area contributed by atoms with E-state index in [0.717, 1.165) is 15.1 Å². The third-order valence-corrected chi connectivity index (χ3v) is 4.38. The molecule has 8 nitrogen and oxygen atoms in total. The van der Waals surface area contributed by atoms with Crippen molar-refractivity contribution in [1.29, 1.82) is 0 Å². The molecule has 0 atom stereocenters. The predicted octanol–water partition coefficient (Wildman–Crippen LogP) is 3.06. The van der Waals surface area contributed by atoms with E-state index in [9.17, 15) is 4.79 Å². The summed E-state index contributed by atoms with van der Waals surface area (Å²) in [5.74, 6) is 0.994. The van der Waals surface area contributed by atoms with Gasteiger partial charge in [0.15, 0.2) is 0 Å². The van der Waals surface area contributed by atoms with Crippen LogP contribution in [0.1, 0.15) is 12.8 Å². The van der Waals surface area contributed by atoms with Crippen molar-refractivity contribution in [2.75, 3.05) is 6.61 Å². The minimum Gasteiger partial charge on any atom is -0.493 e. The average molecular weight is 370 g/mol. The number of rotatable bonds is 6. The Morgan fingerprint density at radius 3 is 2.92 bits per heavy atom. The fourth-order valence-corrected chi connectivity index (χ4v) is 3.04. The normalized spacial score (nSPS) is 11.0. The molecule has 1 aromatic carbocycles. The summed E-state index contributed by atoms with van der Waals surface area (Å²) < 4.78 is 17.2. The molecule has 0 saturated heterocycles. The molecule has 0 amide bonds. The summed E-state index contributed by atoms with van der Waals surface area (Å²) >= 11 is 1.44. The maximum absolute atomic E-state index is 12.0. The van der Waals surface area contributed by atoms with E-state index in [0.29, 0.717) is 18.2 Å². The molecule has 9 heteroatoms. The Morgan fingerprint density at radius 1 is 1.23 bits per heavy atom. The minimum atomic E-state index is -0.581. The Balaban J connectivity index is 1.59. The maximum Gasteiger partial charge on any atom is 0.437 e. The second-order valence-electron chi connectivity index (χ2n) is 5.25. The fraction of sp³-hybridized carbons (Fsp3) is 0.176. The fourth-order valence-electron chi connectivity index (χ4n) is 2.40. The zero-order valence-electron chi connectivity index (χ0n) is 13.8. The van der Waals surface area contributed by atoms with Crippen LogP contribution in [0.4, 0.5) is 0 Å². The largest absolute Gasteiger partial charge is 0.493 e. The van der Waals surface area contributed by atoms with Crippen molar-refractivity contribution in [3.8, 4) is 27.9 Å². The third kappa shape index (κ3) is 3.16. The SMILES string of the molecule is CCOc1ccccc1-c1noc(Cn2nc(-c3cccs3)oc2=O)n1. The number of benzene rings is 1. The maximum atomic E-state index is 12.0. The van der Waals surface area contributed by atoms with E-state index in [-0.39, 0.29) is 18.3 Å². The van der Waals surface area contributed by atoms with Crippen LogP contribution in [0.3, 0.4) is 0 Å². The molecule has 26 heavy (non-hydrogen) atoms. The quantitative estimate of drug-likeness (QED) is 0.514. The van der Waals surface area contributed by atoms with Gasteiger partial charge in [-0.05, 0) is 30.5 Å². The molecule has 0 fully saturated rings. The summed E-state index contributed by atoms with van der Waals surface area (Å²) in [5, 5.41) is 10.0. The highest BCUT2D eigenvalue weighted by Gasteiger charge is 2.17. The number of ether oxygens (including phenoxy) is 1. The molecular formula is C17H14N4O4S. The molecule has 0 aliphatic carbocycles. The van der Waals surface area contributed by atoms with Gasteiger partial charge in [-0.25, -0.2) is 4.79 Å². The van der Waals surface area contributed by atoms with E-state index in [1.165, 1.54) is 11.3 Å². The first-order valence-electron chi connectivity index (χ1n) is 7.91. The van der Waals surface area contributed by atoms with Crippen molar-refractivity contribution < 1.29 is 13.7 Å². The Kier molecular flexibility index (Phi) is 4.36. The first-order chi connectivity index (χ1) is 12.7. The van der Waals surface area contributed by atoms with Crippen LogP contribution in [0.2, 0.25) is 0 Å². The lowest BCUT2D eigenvalue weighted by Crippen LogP contribution is -2.16. The molecule has 3 aromatic heterocycles. The van der Waals surface area contributed by atoms with Crippen LogP contribution in [0, 0.1) is 0 Å². The highest BCUT2D eigenvalue weighted by molar-refractivity contribution is 7.13. The monoisotopic (exact) mass is 370 g/mol. The second-order valence-corrected chi connectivity index (χ2v) is 6.20. The zero-order valence-corrected chi connectivity index (χ0v) is 14.6. The Hall–Kier alpha value is -3.20. The predicted molar refractivity (Wildman–Crippen MR) is 94.1 cm³/mol. The molecule has 0 aliphatic rings. The van der Waals surface area contributed by atoms with Crippen molar-refractivity contribution in [2.45, 2.75) is 13.5 Å². The molecule has 0 spiro atoms. The van der Waals surface area contributed by atoms with E-state index < -0.39 is 5.76 Å². The summed E-state index contributed by atoms with van der Waals surface area (Å²) in [6.07, 6.45) is 0. The van der Waals surface area contributed by atoms with Gasteiger partial charge in [0, 0.05) is 0 Å². The third-order valence-electron chi connectivity index (χ3n) is 3.52. The lowest BCUT2D eigenvalue weighted by molar-refractivity contribution is 0.340. The van der Waals surface area contributed by atoms with Gasteiger partial charge in [-0.15, -0.1) is 16.4 Å². The van der Waals surface area contributed by atoms with Crippen LogP contribution in [0.5, 0.6) is 5.75 Å². The molecule has 3 heterocycles. The standard InChI is InChI=1S/C17H14N4O4S/c1-2-23-12-7-4-3-6-11(12)15-18-14(25-20-15)10-21-17(22)24-16(19-21)13-8-5-9-26-13/h3-9H,2,10H2,1H3. The number of para-hydroxylation sites is 1. The number of hydrogen-bond acceptors (Lipinski definition) is 8. The smallest absolute Gasteiger partial charge is 0.437 e. The second kappa shape index (κ2) is 6.96. The molecule has 0 bridgehead atoms. The van der Waals surface area contributed by atoms with Gasteiger partial charge in [-0.3, -0.25) is 0 Å². The summed E-state index contributed by atoms with van der Waals surface area (Å²) in [4.78, 5) is 17.1. The first kappa shape index (κ1) is 16.3. The summed E-state index contributed by atoms with van der Waals surface area (Å²) in [5.41, 5.74) is 0.719. The number of hydrogen-bond donors (Lipinski definition) is 0. The summed E-state index contributed by atoms with van der Waals surface area (Å²) in [7, 11) is 0. The van der Waals surface area contributed by atoms with Gasteiger partial charge >= 0.3 is 5.76 Å². The van der Waals surface area contributed by atoms with Gasteiger partial charge in [0.2, 0.25) is 11.7 Å². The van der Waals surface area contributed by atoms with Crippen LogP contribution >= 0.6 is 11.3 Å². The molecular weight excluding hydrogens is 356 g/mol. The van der Waals surface area contributed by atoms with E-state index in [1.54, 1.807) is 0 Å². The van der Waals surface area contributed by atoms with Crippen LogP contribution in [-0.4, -0.2) is 26.5 Å². The average Bonchev–Trinajstić information content (AvgIpc) is 3.38. The van der Waals surface area contributed by atoms with Gasteiger partial charge in [0.25, 0.3) is 5.89 Å². The molecule has 0 aliphatic heterocycles. The van der Waals surface area contributed by atoms with E-state index in [4.69, 9.17) is 13.7 Å². The van der Waals surface area contributed by atoms with Crippen LogP contribution < -0.4 is 10.5 Å². The van der Waals surface area contributed by atoms with Gasteiger partial charge in [0.1, 0.15) is 12.3 Å². The van der Waals surface area contributed by atoms with E-state index in [1.807, 2.05) is 48.7 Å². The van der Waals surface area contributed by atoms with E-state index >= 15 is 0 Å². The number of aromatic nitrogens is 4. The summed E-state index contributed by atoms with van der Waals surface area (Å²) in [6.45, 7) is 2.46. The molecule has 0 unspecified atom stereocenters. The number of nitrogens with zero attached hydrogens (tertiary/aromatic N) is 4. The number of thiophene rings is 1. The first-order valence-corrected chi connectivity index (χ1v) is 8.79. The van der Waals surface area contributed by atoms with Crippen LogP contribution in [0.15, 0.2) is 55.5 Å². The Morgan fingerprint density at radius 2 is 2.12 bits per heavy atom. The molecule has 132 valence electrons. The molecule has 4 aromatic rings. The Labute approximate surface area is 151 Å². The van der Waals surface area contributed by atoms with Gasteiger partial charge < -0.3 is 13.7 Å². The lowest BCUT2D eigenvalue weighted by Gasteiger charge is -2.05. The van der Waals surface area contributed by atoms with Crippen molar-refractivity contribution in [2.24, 2.45) is 0 Å². The molecule has 4 rings (SSSR count). The van der Waals surface area contributed by atoms with Crippen molar-refractivity contribution in [3.05, 3.63) is 58.2 Å². The minimum absolute atomic E-state index is 0.0253. The Bertz CT molecular complexity index is 1060. The molecule has 0 N–H and O–H groups in total. The van der Waals surface area contributed by atoms with Crippen LogP contribution in [-0.2, 0) is 6.54 Å². The van der Waals surface area contributed by atoms with Crippen molar-refractivity contribution >= 4 is 11.3 Å². The van der Waals surface area contributed by atoms with Gasteiger partial charge in [0.05, 0.1) is 17.0 Å². The molecule has 0 radical (unpaired) electrons. The van der Waals surface area contributed by atoms with Crippen LogP contribution in [0.25, 0.3) is 22.2 Å². The lowest BCUT2D eigenvalue weighted by atomic mass is 10.2. The molecule has 0 saturated carbocycles. The van der Waals surface area contributed by atoms with Gasteiger partial charge in [-0.2, -0.15) is 9.67 Å². The topological polar surface area (TPSA) is 96.2 Å². The van der Waals surface area contributed by atoms with Gasteiger partial charge in [-0.1, -0.05) is 23.4 Å². The van der Waals surface area contributed by atoms with Crippen molar-refractivity contribution in [3.63, 3.8) is 0 Å². The van der Waals surface area contributed by atoms with Crippen molar-refractivity contribution in [1.82, 2.24) is 19.9 Å². The zero-order chi connectivity index (χ0) is 17.9.